The van der Waals surface area contributed by atoms with Crippen molar-refractivity contribution in [1.82, 2.24) is 4.90 Å². The van der Waals surface area contributed by atoms with Crippen molar-refractivity contribution in [1.29, 1.82) is 0 Å². The summed E-state index contributed by atoms with van der Waals surface area (Å²) >= 11 is 7.68. The quantitative estimate of drug-likeness (QED) is 0.920. The van der Waals surface area contributed by atoms with Crippen molar-refractivity contribution in [2.75, 3.05) is 13.1 Å². The van der Waals surface area contributed by atoms with Gasteiger partial charge in [0.25, 0.3) is 5.91 Å². The predicted molar refractivity (Wildman–Crippen MR) is 83.1 cm³/mol. The normalized spacial score (nSPS) is 18.9. The fourth-order valence-corrected chi connectivity index (χ4v) is 4.14. The van der Waals surface area contributed by atoms with Crippen LogP contribution >= 0.6 is 22.9 Å². The molecule has 1 aliphatic heterocycles. The van der Waals surface area contributed by atoms with Crippen LogP contribution in [0.15, 0.2) is 24.3 Å². The maximum Gasteiger partial charge on any atom is 0.308 e. The molecule has 1 unspecified atom stereocenters. The second-order valence-electron chi connectivity index (χ2n) is 5.17. The molecule has 0 radical (unpaired) electrons. The number of hydrogen-bond donors (Lipinski definition) is 1. The molecule has 110 valence electrons. The molecule has 1 fully saturated rings. The van der Waals surface area contributed by atoms with Crippen molar-refractivity contribution in [3.8, 4) is 0 Å². The molecule has 1 aromatic carbocycles. The highest BCUT2D eigenvalue weighted by molar-refractivity contribution is 7.21. The Balaban J connectivity index is 1.90. The van der Waals surface area contributed by atoms with Crippen molar-refractivity contribution < 1.29 is 14.7 Å². The Bertz CT molecular complexity index is 712. The van der Waals surface area contributed by atoms with Gasteiger partial charge in [0.15, 0.2) is 0 Å². The van der Waals surface area contributed by atoms with E-state index < -0.39 is 11.9 Å². The van der Waals surface area contributed by atoms with Gasteiger partial charge in [0.1, 0.15) is 4.88 Å². The largest absolute Gasteiger partial charge is 0.481 e. The van der Waals surface area contributed by atoms with E-state index in [0.29, 0.717) is 29.3 Å². The fraction of sp³-hybridized carbons (Fsp3) is 0.333. The van der Waals surface area contributed by atoms with Crippen LogP contribution in [0.25, 0.3) is 10.1 Å². The van der Waals surface area contributed by atoms with Crippen LogP contribution in [0.5, 0.6) is 0 Å². The van der Waals surface area contributed by atoms with Crippen molar-refractivity contribution in [2.24, 2.45) is 5.92 Å². The number of halogens is 1. The number of carboxylic acids is 1. The molecule has 0 spiro atoms. The Morgan fingerprint density at radius 3 is 2.81 bits per heavy atom. The van der Waals surface area contributed by atoms with Crippen LogP contribution in [0.2, 0.25) is 5.02 Å². The lowest BCUT2D eigenvalue weighted by Gasteiger charge is -2.30. The molecule has 21 heavy (non-hydrogen) atoms. The van der Waals surface area contributed by atoms with E-state index in [4.69, 9.17) is 16.7 Å². The molecule has 1 aromatic heterocycles. The molecule has 1 atom stereocenters. The molecule has 1 saturated heterocycles. The minimum atomic E-state index is -0.838. The third-order valence-corrected chi connectivity index (χ3v) is 5.45. The first kappa shape index (κ1) is 14.4. The summed E-state index contributed by atoms with van der Waals surface area (Å²) in [6.07, 6.45) is 1.34. The van der Waals surface area contributed by atoms with Gasteiger partial charge < -0.3 is 10.0 Å². The second kappa shape index (κ2) is 5.66. The highest BCUT2D eigenvalue weighted by Crippen LogP contribution is 2.36. The van der Waals surface area contributed by atoms with E-state index in [1.54, 1.807) is 4.90 Å². The zero-order chi connectivity index (χ0) is 15.0. The third kappa shape index (κ3) is 2.63. The monoisotopic (exact) mass is 323 g/mol. The number of carbonyl (C=O) groups is 2. The van der Waals surface area contributed by atoms with Crippen molar-refractivity contribution in [3.05, 3.63) is 34.2 Å². The summed E-state index contributed by atoms with van der Waals surface area (Å²) in [6.45, 7) is 0.853. The first-order valence-electron chi connectivity index (χ1n) is 6.77. The van der Waals surface area contributed by atoms with Crippen LogP contribution in [0.1, 0.15) is 22.5 Å². The van der Waals surface area contributed by atoms with Gasteiger partial charge in [-0.3, -0.25) is 9.59 Å². The molecule has 2 heterocycles. The van der Waals surface area contributed by atoms with E-state index in [-0.39, 0.29) is 12.5 Å². The van der Waals surface area contributed by atoms with E-state index in [0.717, 1.165) is 10.1 Å². The number of piperidine rings is 1. The van der Waals surface area contributed by atoms with Crippen LogP contribution in [-0.2, 0) is 4.79 Å². The average Bonchev–Trinajstić information content (AvgIpc) is 2.84. The number of rotatable bonds is 2. The van der Waals surface area contributed by atoms with Crippen molar-refractivity contribution in [2.45, 2.75) is 12.8 Å². The number of thiophene rings is 1. The number of carboxylic acid groups (broad SMARTS) is 1. The molecule has 6 heteroatoms. The summed E-state index contributed by atoms with van der Waals surface area (Å²) in [5, 5.41) is 10.5. The Hall–Kier alpha value is -1.59. The predicted octanol–water partition coefficient (Wildman–Crippen LogP) is 3.49. The lowest BCUT2D eigenvalue weighted by atomic mass is 9.98. The Labute approximate surface area is 130 Å². The van der Waals surface area contributed by atoms with Gasteiger partial charge in [-0.15, -0.1) is 11.3 Å². The van der Waals surface area contributed by atoms with Crippen molar-refractivity contribution in [3.63, 3.8) is 0 Å². The average molecular weight is 324 g/mol. The lowest BCUT2D eigenvalue weighted by Crippen LogP contribution is -2.42. The third-order valence-electron chi connectivity index (χ3n) is 3.79. The molecule has 1 N–H and O–H groups in total. The first-order valence-corrected chi connectivity index (χ1v) is 7.96. The van der Waals surface area contributed by atoms with E-state index in [9.17, 15) is 9.59 Å². The summed E-state index contributed by atoms with van der Waals surface area (Å²) < 4.78 is 0.970. The fourth-order valence-electron chi connectivity index (χ4n) is 2.66. The summed E-state index contributed by atoms with van der Waals surface area (Å²) in [7, 11) is 0. The van der Waals surface area contributed by atoms with Crippen LogP contribution < -0.4 is 0 Å². The number of hydrogen-bond acceptors (Lipinski definition) is 3. The molecule has 0 aliphatic carbocycles. The second-order valence-corrected chi connectivity index (χ2v) is 6.60. The van der Waals surface area contributed by atoms with Gasteiger partial charge in [-0.1, -0.05) is 29.8 Å². The van der Waals surface area contributed by atoms with Gasteiger partial charge in [0, 0.05) is 23.2 Å². The smallest absolute Gasteiger partial charge is 0.308 e. The Kier molecular flexibility index (Phi) is 3.87. The highest BCUT2D eigenvalue weighted by atomic mass is 35.5. The van der Waals surface area contributed by atoms with Crippen LogP contribution in [0.3, 0.4) is 0 Å². The van der Waals surface area contributed by atoms with Gasteiger partial charge in [-0.2, -0.15) is 0 Å². The summed E-state index contributed by atoms with van der Waals surface area (Å²) in [6, 6.07) is 7.61. The highest BCUT2D eigenvalue weighted by Gasteiger charge is 2.30. The SMILES string of the molecule is O=C(O)C1CCCN(C(=O)c2sc3ccccc3c2Cl)C1. The minimum Gasteiger partial charge on any atom is -0.481 e. The van der Waals surface area contributed by atoms with E-state index >= 15 is 0 Å². The topological polar surface area (TPSA) is 57.6 Å². The Morgan fingerprint density at radius 2 is 2.10 bits per heavy atom. The molecule has 3 rings (SSSR count). The summed E-state index contributed by atoms with van der Waals surface area (Å²) in [5.74, 6) is -1.47. The van der Waals surface area contributed by atoms with E-state index in [1.807, 2.05) is 24.3 Å². The van der Waals surface area contributed by atoms with Gasteiger partial charge in [-0.05, 0) is 18.9 Å². The number of fused-ring (bicyclic) bond motifs is 1. The van der Waals surface area contributed by atoms with Crippen LogP contribution in [0.4, 0.5) is 0 Å². The van der Waals surface area contributed by atoms with Gasteiger partial charge in [0.05, 0.1) is 10.9 Å². The zero-order valence-corrected chi connectivity index (χ0v) is 12.8. The number of likely N-dealkylation sites (tertiary alicyclic amines) is 1. The summed E-state index contributed by atoms with van der Waals surface area (Å²) in [5.41, 5.74) is 0. The van der Waals surface area contributed by atoms with Gasteiger partial charge in [0.2, 0.25) is 0 Å². The molecule has 4 nitrogen and oxygen atoms in total. The van der Waals surface area contributed by atoms with E-state index in [1.165, 1.54) is 11.3 Å². The van der Waals surface area contributed by atoms with Gasteiger partial charge >= 0.3 is 5.97 Å². The maximum absolute atomic E-state index is 12.6. The zero-order valence-electron chi connectivity index (χ0n) is 11.2. The molecular weight excluding hydrogens is 310 g/mol. The van der Waals surface area contributed by atoms with Crippen molar-refractivity contribution >= 4 is 44.9 Å². The minimum absolute atomic E-state index is 0.160. The number of nitrogens with zero attached hydrogens (tertiary/aromatic N) is 1. The van der Waals surface area contributed by atoms with Crippen LogP contribution in [0, 0.1) is 5.92 Å². The molecule has 1 amide bonds. The standard InChI is InChI=1S/C15H14ClNO3S/c16-12-10-5-1-2-6-11(10)21-13(12)14(18)17-7-3-4-9(8-17)15(19)20/h1-2,5-6,9H,3-4,7-8H2,(H,19,20). The van der Waals surface area contributed by atoms with E-state index in [2.05, 4.69) is 0 Å². The molecule has 0 saturated carbocycles. The van der Waals surface area contributed by atoms with Gasteiger partial charge in [-0.25, -0.2) is 0 Å². The number of aliphatic carboxylic acids is 1. The molecule has 1 aliphatic rings. The lowest BCUT2D eigenvalue weighted by molar-refractivity contribution is -0.143. The van der Waals surface area contributed by atoms with Crippen LogP contribution in [-0.4, -0.2) is 35.0 Å². The number of carbonyl (C=O) groups excluding carboxylic acids is 1. The number of benzene rings is 1. The molecular formula is C15H14ClNO3S. The summed E-state index contributed by atoms with van der Waals surface area (Å²) in [4.78, 5) is 25.8. The first-order chi connectivity index (χ1) is 10.1. The number of amides is 1. The molecule has 2 aromatic rings. The Morgan fingerprint density at radius 1 is 1.33 bits per heavy atom. The maximum atomic E-state index is 12.6. The molecule has 0 bridgehead atoms.